The van der Waals surface area contributed by atoms with Gasteiger partial charge in [0.05, 0.1) is 0 Å². The molecule has 0 bridgehead atoms. The number of hydrogen-bond acceptors (Lipinski definition) is 2. The lowest BCUT2D eigenvalue weighted by molar-refractivity contribution is -0.0166. The number of piperazine rings is 1. The number of nitrogens with zero attached hydrogens (tertiary/aromatic N) is 1. The largest absolute Gasteiger partial charge is 0.308 e. The summed E-state index contributed by atoms with van der Waals surface area (Å²) in [6.07, 6.45) is 8.20. The summed E-state index contributed by atoms with van der Waals surface area (Å²) < 4.78 is 0. The number of rotatable bonds is 5. The lowest BCUT2D eigenvalue weighted by atomic mass is 9.79. The Morgan fingerprint density at radius 3 is 2.22 bits per heavy atom. The molecule has 2 fully saturated rings. The zero-order valence-corrected chi connectivity index (χ0v) is 12.9. The molecule has 18 heavy (non-hydrogen) atoms. The number of nitrogens with one attached hydrogen (secondary N) is 1. The summed E-state index contributed by atoms with van der Waals surface area (Å²) in [6.45, 7) is 13.2. The monoisotopic (exact) mass is 252 g/mol. The van der Waals surface area contributed by atoms with Crippen molar-refractivity contribution in [1.82, 2.24) is 10.2 Å². The number of hydrogen-bond donors (Lipinski definition) is 1. The molecule has 1 saturated carbocycles. The minimum Gasteiger partial charge on any atom is -0.308 e. The van der Waals surface area contributed by atoms with Crippen LogP contribution in [0.4, 0.5) is 0 Å². The molecule has 1 unspecified atom stereocenters. The van der Waals surface area contributed by atoms with E-state index in [2.05, 4.69) is 37.9 Å². The topological polar surface area (TPSA) is 15.3 Å². The standard InChI is InChI=1S/C16H32N2/c1-5-15(4)13-18(11-14-9-8-10-14)16(6-2,7-3)12-17-15/h14,17H,5-13H2,1-4H3. The first-order chi connectivity index (χ1) is 8.57. The van der Waals surface area contributed by atoms with Crippen molar-refractivity contribution < 1.29 is 0 Å². The third-order valence-corrected chi connectivity index (χ3v) is 5.85. The molecule has 0 spiro atoms. The van der Waals surface area contributed by atoms with Crippen LogP contribution in [0.15, 0.2) is 0 Å². The van der Waals surface area contributed by atoms with E-state index in [1.165, 1.54) is 58.2 Å². The molecule has 0 radical (unpaired) electrons. The third kappa shape index (κ3) is 2.60. The first-order valence-corrected chi connectivity index (χ1v) is 8.07. The Morgan fingerprint density at radius 2 is 1.78 bits per heavy atom. The Balaban J connectivity index is 2.09. The molecule has 0 aromatic carbocycles. The van der Waals surface area contributed by atoms with E-state index in [4.69, 9.17) is 0 Å². The van der Waals surface area contributed by atoms with E-state index >= 15 is 0 Å². The summed E-state index contributed by atoms with van der Waals surface area (Å²) in [5.74, 6) is 0.988. The molecule has 1 saturated heterocycles. The molecule has 106 valence electrons. The van der Waals surface area contributed by atoms with Crippen LogP contribution in [0.5, 0.6) is 0 Å². The second kappa shape index (κ2) is 5.50. The molecule has 2 rings (SSSR count). The predicted molar refractivity (Wildman–Crippen MR) is 78.9 cm³/mol. The SMILES string of the molecule is CCC1(C)CN(CC2CCC2)C(CC)(CC)CN1. The van der Waals surface area contributed by atoms with E-state index in [0.29, 0.717) is 11.1 Å². The molecular weight excluding hydrogens is 220 g/mol. The predicted octanol–water partition coefficient (Wildman–Crippen LogP) is 3.42. The van der Waals surface area contributed by atoms with Crippen molar-refractivity contribution in [2.45, 2.75) is 77.3 Å². The van der Waals surface area contributed by atoms with Crippen LogP contribution >= 0.6 is 0 Å². The molecule has 2 aliphatic rings. The van der Waals surface area contributed by atoms with E-state index in [1.807, 2.05) is 0 Å². The Labute approximate surface area is 114 Å². The zero-order chi connectivity index (χ0) is 13.2. The highest BCUT2D eigenvalue weighted by molar-refractivity contribution is 5.03. The normalized spacial score (nSPS) is 33.3. The van der Waals surface area contributed by atoms with Crippen molar-refractivity contribution in [1.29, 1.82) is 0 Å². The Morgan fingerprint density at radius 1 is 1.11 bits per heavy atom. The molecular formula is C16H32N2. The highest BCUT2D eigenvalue weighted by atomic mass is 15.3. The van der Waals surface area contributed by atoms with Crippen LogP contribution in [-0.2, 0) is 0 Å². The van der Waals surface area contributed by atoms with E-state index < -0.39 is 0 Å². The molecule has 1 N–H and O–H groups in total. The van der Waals surface area contributed by atoms with Crippen molar-refractivity contribution in [3.8, 4) is 0 Å². The van der Waals surface area contributed by atoms with Gasteiger partial charge in [-0.05, 0) is 44.9 Å². The van der Waals surface area contributed by atoms with Crippen LogP contribution in [-0.4, -0.2) is 35.6 Å². The lowest BCUT2D eigenvalue weighted by Crippen LogP contribution is -2.69. The van der Waals surface area contributed by atoms with E-state index in [-0.39, 0.29) is 0 Å². The minimum atomic E-state index is 0.331. The first kappa shape index (κ1) is 14.3. The second-order valence-corrected chi connectivity index (χ2v) is 6.88. The van der Waals surface area contributed by atoms with Gasteiger partial charge >= 0.3 is 0 Å². The van der Waals surface area contributed by atoms with E-state index in [9.17, 15) is 0 Å². The van der Waals surface area contributed by atoms with Crippen molar-refractivity contribution in [3.63, 3.8) is 0 Å². The van der Waals surface area contributed by atoms with Gasteiger partial charge < -0.3 is 5.32 Å². The van der Waals surface area contributed by atoms with Gasteiger partial charge in [-0.15, -0.1) is 0 Å². The Kier molecular flexibility index (Phi) is 4.38. The first-order valence-electron chi connectivity index (χ1n) is 8.07. The zero-order valence-electron chi connectivity index (χ0n) is 12.9. The molecule has 1 heterocycles. The summed E-state index contributed by atoms with van der Waals surface area (Å²) in [4.78, 5) is 2.84. The van der Waals surface area contributed by atoms with Gasteiger partial charge in [-0.3, -0.25) is 4.90 Å². The fourth-order valence-electron chi connectivity index (χ4n) is 3.56. The van der Waals surface area contributed by atoms with Crippen LogP contribution in [0.2, 0.25) is 0 Å². The summed E-state index contributed by atoms with van der Waals surface area (Å²) in [5.41, 5.74) is 0.752. The van der Waals surface area contributed by atoms with Gasteiger partial charge in [0.25, 0.3) is 0 Å². The van der Waals surface area contributed by atoms with E-state index in [1.54, 1.807) is 0 Å². The molecule has 0 aromatic heterocycles. The fourth-order valence-corrected chi connectivity index (χ4v) is 3.56. The van der Waals surface area contributed by atoms with Gasteiger partial charge in [-0.1, -0.05) is 27.2 Å². The summed E-state index contributed by atoms with van der Waals surface area (Å²) in [6, 6.07) is 0. The van der Waals surface area contributed by atoms with Crippen LogP contribution in [0.3, 0.4) is 0 Å². The molecule has 0 aromatic rings. The van der Waals surface area contributed by atoms with Crippen molar-refractivity contribution >= 4 is 0 Å². The molecule has 2 nitrogen and oxygen atoms in total. The minimum absolute atomic E-state index is 0.331. The van der Waals surface area contributed by atoms with Crippen molar-refractivity contribution in [2.24, 2.45) is 5.92 Å². The van der Waals surface area contributed by atoms with Gasteiger partial charge in [0.1, 0.15) is 0 Å². The van der Waals surface area contributed by atoms with Crippen LogP contribution in [0, 0.1) is 5.92 Å². The molecule has 1 aliphatic heterocycles. The maximum Gasteiger partial charge on any atom is 0.0329 e. The Bertz CT molecular complexity index is 268. The molecule has 2 heteroatoms. The maximum atomic E-state index is 3.84. The van der Waals surface area contributed by atoms with Gasteiger partial charge in [0, 0.05) is 30.7 Å². The highest BCUT2D eigenvalue weighted by Gasteiger charge is 2.43. The summed E-state index contributed by atoms with van der Waals surface area (Å²) >= 11 is 0. The van der Waals surface area contributed by atoms with E-state index in [0.717, 1.165) is 5.92 Å². The average molecular weight is 252 g/mol. The highest BCUT2D eigenvalue weighted by Crippen LogP contribution is 2.35. The Hall–Kier alpha value is -0.0800. The molecule has 1 aliphatic carbocycles. The van der Waals surface area contributed by atoms with Crippen LogP contribution in [0.1, 0.15) is 66.2 Å². The fraction of sp³-hybridized carbons (Fsp3) is 1.00. The second-order valence-electron chi connectivity index (χ2n) is 6.88. The van der Waals surface area contributed by atoms with Gasteiger partial charge in [-0.25, -0.2) is 0 Å². The van der Waals surface area contributed by atoms with Gasteiger partial charge in [0.2, 0.25) is 0 Å². The maximum absolute atomic E-state index is 3.84. The summed E-state index contributed by atoms with van der Waals surface area (Å²) in [5, 5.41) is 3.84. The third-order valence-electron chi connectivity index (χ3n) is 5.85. The van der Waals surface area contributed by atoms with Crippen LogP contribution in [0.25, 0.3) is 0 Å². The smallest absolute Gasteiger partial charge is 0.0329 e. The summed E-state index contributed by atoms with van der Waals surface area (Å²) in [7, 11) is 0. The quantitative estimate of drug-likeness (QED) is 0.806. The molecule has 1 atom stereocenters. The van der Waals surface area contributed by atoms with Crippen LogP contribution < -0.4 is 5.32 Å². The molecule has 0 amide bonds. The van der Waals surface area contributed by atoms with Crippen molar-refractivity contribution in [3.05, 3.63) is 0 Å². The lowest BCUT2D eigenvalue weighted by Gasteiger charge is -2.55. The van der Waals surface area contributed by atoms with Crippen molar-refractivity contribution in [2.75, 3.05) is 19.6 Å². The average Bonchev–Trinajstić information content (AvgIpc) is 2.35. The van der Waals surface area contributed by atoms with Gasteiger partial charge in [-0.2, -0.15) is 0 Å². The van der Waals surface area contributed by atoms with Gasteiger partial charge in [0.15, 0.2) is 0 Å².